The second kappa shape index (κ2) is 19.0. The van der Waals surface area contributed by atoms with Crippen molar-refractivity contribution in [2.45, 2.75) is 72.9 Å². The Morgan fingerprint density at radius 3 is 1.10 bits per heavy atom. The number of fused-ring (bicyclic) bond motifs is 8. The van der Waals surface area contributed by atoms with Gasteiger partial charge in [0.1, 0.15) is 23.7 Å². The highest BCUT2D eigenvalue weighted by Gasteiger charge is 2.54. The van der Waals surface area contributed by atoms with E-state index in [4.69, 9.17) is 37.9 Å². The van der Waals surface area contributed by atoms with Crippen molar-refractivity contribution in [3.63, 3.8) is 0 Å². The minimum Gasteiger partial charge on any atom is -0.497 e. The molecule has 16 heteroatoms. The van der Waals surface area contributed by atoms with Gasteiger partial charge < -0.3 is 37.9 Å². The molecule has 0 bridgehead atoms. The minimum atomic E-state index is -4.62. The van der Waals surface area contributed by atoms with Gasteiger partial charge in [-0.25, -0.2) is 0 Å². The summed E-state index contributed by atoms with van der Waals surface area (Å²) in [6.07, 6.45) is -9.88. The summed E-state index contributed by atoms with van der Waals surface area (Å²) >= 11 is 6.62. The Morgan fingerprint density at radius 1 is 0.444 bits per heavy atom. The Bertz CT molecular complexity index is 2850. The van der Waals surface area contributed by atoms with Crippen molar-refractivity contribution in [2.24, 2.45) is 0 Å². The van der Waals surface area contributed by atoms with Crippen LogP contribution in [0.15, 0.2) is 154 Å². The number of allylic oxidation sites excluding steroid dienone is 4. The molecule has 12 rings (SSSR count). The lowest BCUT2D eigenvalue weighted by molar-refractivity contribution is -0.149. The Balaban J connectivity index is 0.000000156. The number of methoxy groups -OCH3 is 2. The van der Waals surface area contributed by atoms with Gasteiger partial charge in [-0.3, -0.25) is 0 Å². The summed E-state index contributed by atoms with van der Waals surface area (Å²) in [5.74, 6) is -0.264. The molecule has 0 fully saturated rings. The number of hydrogen-bond acceptors (Lipinski definition) is 8. The van der Waals surface area contributed by atoms with Crippen molar-refractivity contribution >= 4 is 31.9 Å². The molecule has 6 aliphatic rings. The molecule has 372 valence electrons. The first kappa shape index (κ1) is 48.0. The van der Waals surface area contributed by atoms with E-state index >= 15 is 0 Å². The van der Waals surface area contributed by atoms with E-state index in [-0.39, 0.29) is 46.2 Å². The van der Waals surface area contributed by atoms with Gasteiger partial charge in [0.05, 0.1) is 23.2 Å². The minimum absolute atomic E-state index is 0.00830. The molecule has 0 aromatic heterocycles. The maximum absolute atomic E-state index is 14.2. The van der Waals surface area contributed by atoms with Gasteiger partial charge in [0, 0.05) is 35.5 Å². The molecule has 6 aromatic rings. The summed E-state index contributed by atoms with van der Waals surface area (Å²) < 4.78 is 130. The van der Waals surface area contributed by atoms with Gasteiger partial charge in [0.2, 0.25) is 25.1 Å². The number of alkyl halides is 6. The van der Waals surface area contributed by atoms with Gasteiger partial charge in [-0.05, 0) is 106 Å². The van der Waals surface area contributed by atoms with Crippen LogP contribution in [-0.2, 0) is 9.47 Å². The Hall–Kier alpha value is -6.26. The summed E-state index contributed by atoms with van der Waals surface area (Å²) in [6.45, 7) is 0.222. The van der Waals surface area contributed by atoms with Crippen LogP contribution in [-0.4, -0.2) is 52.4 Å². The Kier molecular flexibility index (Phi) is 12.7. The van der Waals surface area contributed by atoms with Gasteiger partial charge in [-0.2, -0.15) is 26.3 Å². The third-order valence-corrected chi connectivity index (χ3v) is 16.2. The van der Waals surface area contributed by atoms with Crippen LogP contribution in [0.25, 0.3) is 0 Å². The Morgan fingerprint density at radius 2 is 0.778 bits per heavy atom. The molecule has 0 N–H and O–H groups in total. The molecule has 4 aliphatic heterocycles. The summed E-state index contributed by atoms with van der Waals surface area (Å²) in [7, 11) is 3.19. The first-order valence-electron chi connectivity index (χ1n) is 23.2. The molecule has 0 saturated carbocycles. The number of ether oxygens (including phenoxy) is 8. The lowest BCUT2D eigenvalue weighted by Gasteiger charge is -2.46. The van der Waals surface area contributed by atoms with Crippen molar-refractivity contribution in [1.29, 1.82) is 0 Å². The maximum Gasteiger partial charge on any atom is 0.449 e. The van der Waals surface area contributed by atoms with E-state index in [0.29, 0.717) is 47.3 Å². The van der Waals surface area contributed by atoms with E-state index in [1.807, 2.05) is 133 Å². The predicted molar refractivity (Wildman–Crippen MR) is 262 cm³/mol. The van der Waals surface area contributed by atoms with Crippen molar-refractivity contribution in [2.75, 3.05) is 27.8 Å². The highest BCUT2D eigenvalue weighted by molar-refractivity contribution is 9.12. The van der Waals surface area contributed by atoms with Crippen LogP contribution < -0.4 is 28.4 Å². The lowest BCUT2D eigenvalue weighted by atomic mass is 9.65. The first-order chi connectivity index (χ1) is 34.7. The topological polar surface area (TPSA) is 73.8 Å². The first-order valence-corrected chi connectivity index (χ1v) is 24.8. The van der Waals surface area contributed by atoms with E-state index in [9.17, 15) is 26.3 Å². The molecule has 72 heavy (non-hydrogen) atoms. The summed E-state index contributed by atoms with van der Waals surface area (Å²) in [6, 6.07) is 41.6. The fourth-order valence-electron chi connectivity index (χ4n) is 11.3. The zero-order chi connectivity index (χ0) is 50.1. The van der Waals surface area contributed by atoms with Crippen molar-refractivity contribution < 1.29 is 64.2 Å². The molecular weight excluding hydrogens is 1070 g/mol. The summed E-state index contributed by atoms with van der Waals surface area (Å²) in [5.41, 5.74) is 7.34. The summed E-state index contributed by atoms with van der Waals surface area (Å²) in [4.78, 5) is 0. The van der Waals surface area contributed by atoms with E-state index in [2.05, 4.69) is 31.9 Å². The molecule has 0 amide bonds. The highest BCUT2D eigenvalue weighted by atomic mass is 79.9. The number of hydrogen-bond donors (Lipinski definition) is 0. The molecule has 4 heterocycles. The fraction of sp³-hybridized carbons (Fsp3) is 0.286. The molecule has 8 nitrogen and oxygen atoms in total. The lowest BCUT2D eigenvalue weighted by Crippen LogP contribution is -2.40. The van der Waals surface area contributed by atoms with Crippen molar-refractivity contribution in [3.8, 4) is 34.5 Å². The van der Waals surface area contributed by atoms with E-state index in [0.717, 1.165) is 44.5 Å². The van der Waals surface area contributed by atoms with E-state index in [1.165, 1.54) is 0 Å². The standard InChI is InChI=1S/2C28H22BrF3O4/c2*1-33-17-9-7-15(8-10-17)18-11-23-25(20-13-22-21(12-19(18)20)34-14-35-22)24(16-5-3-2-4-6-16)26(29)27(36-23)28(30,31)32/h2*2-10,12-13,18,23-25H,11,14H2,1H3/t2*18-,23-,24+,25-/m11/s1. The van der Waals surface area contributed by atoms with E-state index in [1.54, 1.807) is 14.2 Å². The number of benzene rings is 6. The molecular formula is C56H44Br2F6O8. The van der Waals surface area contributed by atoms with Crippen LogP contribution in [0.2, 0.25) is 0 Å². The average molecular weight is 1120 g/mol. The monoisotopic (exact) mass is 1120 g/mol. The second-order valence-corrected chi connectivity index (χ2v) is 20.0. The zero-order valence-corrected chi connectivity index (χ0v) is 41.6. The van der Waals surface area contributed by atoms with Crippen LogP contribution in [0.1, 0.15) is 92.9 Å². The van der Waals surface area contributed by atoms with Gasteiger partial charge in [-0.1, -0.05) is 117 Å². The molecule has 0 saturated heterocycles. The molecule has 0 spiro atoms. The average Bonchev–Trinajstić information content (AvgIpc) is 4.06. The SMILES string of the molecule is COc1ccc([C@H]2C[C@H]3OC(C(F)(F)F)=C(Br)[C@@H](c4ccccc4)[C@@H]3c3cc4c(cc32)OCO4)cc1.COc1ccc([C@H]2C[C@H]3OC(C(F)(F)F)=C(Br)[C@@H](c4ccccc4)[C@@H]3c3cc4c(cc32)OCO4)cc1. The van der Waals surface area contributed by atoms with Crippen LogP contribution >= 0.6 is 31.9 Å². The smallest absolute Gasteiger partial charge is 0.449 e. The molecule has 6 aromatic carbocycles. The molecule has 2 aliphatic carbocycles. The third kappa shape index (κ3) is 8.71. The van der Waals surface area contributed by atoms with Gasteiger partial charge in [-0.15, -0.1) is 0 Å². The van der Waals surface area contributed by atoms with Crippen LogP contribution in [0.4, 0.5) is 26.3 Å². The molecule has 0 radical (unpaired) electrons. The van der Waals surface area contributed by atoms with Crippen LogP contribution in [0.5, 0.6) is 34.5 Å². The van der Waals surface area contributed by atoms with Crippen molar-refractivity contribution in [3.05, 3.63) is 198 Å². The predicted octanol–water partition coefficient (Wildman–Crippen LogP) is 14.8. The van der Waals surface area contributed by atoms with Gasteiger partial charge in [0.25, 0.3) is 0 Å². The van der Waals surface area contributed by atoms with Gasteiger partial charge in [0.15, 0.2) is 23.0 Å². The quantitative estimate of drug-likeness (QED) is 0.153. The second-order valence-electron chi connectivity index (χ2n) is 18.3. The molecule has 0 unspecified atom stereocenters. The fourth-order valence-corrected chi connectivity index (χ4v) is 13.1. The summed E-state index contributed by atoms with van der Waals surface area (Å²) in [5, 5.41) is 0. The Labute approximate surface area is 427 Å². The maximum atomic E-state index is 14.2. The highest BCUT2D eigenvalue weighted by Crippen LogP contribution is 2.61. The van der Waals surface area contributed by atoms with Crippen molar-refractivity contribution in [1.82, 2.24) is 0 Å². The largest absolute Gasteiger partial charge is 0.497 e. The van der Waals surface area contributed by atoms with E-state index < -0.39 is 47.9 Å². The number of halogens is 8. The normalized spacial score (nSPS) is 24.6. The zero-order valence-electron chi connectivity index (χ0n) is 38.4. The van der Waals surface area contributed by atoms with Crippen LogP contribution in [0.3, 0.4) is 0 Å². The number of rotatable bonds is 6. The van der Waals surface area contributed by atoms with Crippen LogP contribution in [0, 0.1) is 0 Å². The third-order valence-electron chi connectivity index (χ3n) is 14.5. The van der Waals surface area contributed by atoms with Gasteiger partial charge >= 0.3 is 12.4 Å². The molecule has 8 atom stereocenters.